The zero-order chi connectivity index (χ0) is 17.1. The van der Waals surface area contributed by atoms with E-state index in [1.165, 1.54) is 0 Å². The molecular formula is C19H22O5. The highest BCUT2D eigenvalue weighted by molar-refractivity contribution is 5.87. The second kappa shape index (κ2) is 3.96. The molecule has 3 fully saturated rings. The van der Waals surface area contributed by atoms with E-state index >= 15 is 0 Å². The number of rotatable bonds is 1. The van der Waals surface area contributed by atoms with Crippen LogP contribution in [0.15, 0.2) is 23.8 Å². The fourth-order valence-electron chi connectivity index (χ4n) is 5.95. The van der Waals surface area contributed by atoms with Gasteiger partial charge in [0, 0.05) is 17.4 Å². The molecular weight excluding hydrogens is 308 g/mol. The average molecular weight is 330 g/mol. The molecule has 1 saturated carbocycles. The maximum Gasteiger partial charge on any atom is 0.331 e. The third kappa shape index (κ3) is 1.35. The van der Waals surface area contributed by atoms with Crippen LogP contribution in [0, 0.1) is 22.7 Å². The van der Waals surface area contributed by atoms with Crippen LogP contribution in [0.1, 0.15) is 34.1 Å². The van der Waals surface area contributed by atoms with E-state index in [-0.39, 0.29) is 42.1 Å². The zero-order valence-corrected chi connectivity index (χ0v) is 14.4. The number of hydrogen-bond acceptors (Lipinski definition) is 5. The summed E-state index contributed by atoms with van der Waals surface area (Å²) in [5, 5.41) is 0. The molecule has 0 radical (unpaired) electrons. The fourth-order valence-corrected chi connectivity index (χ4v) is 5.95. The Bertz CT molecular complexity index is 736. The Morgan fingerprint density at radius 2 is 1.96 bits per heavy atom. The summed E-state index contributed by atoms with van der Waals surface area (Å²) in [7, 11) is 0. The number of fused-ring (bicyclic) bond motifs is 2. The highest BCUT2D eigenvalue weighted by atomic mass is 16.7. The molecule has 0 aromatic rings. The van der Waals surface area contributed by atoms with E-state index in [1.807, 2.05) is 20.8 Å². The minimum absolute atomic E-state index is 0.00640. The van der Waals surface area contributed by atoms with Crippen LogP contribution in [0.3, 0.4) is 0 Å². The molecule has 0 aromatic heterocycles. The predicted molar refractivity (Wildman–Crippen MR) is 83.7 cm³/mol. The summed E-state index contributed by atoms with van der Waals surface area (Å²) in [6.07, 6.45) is 5.67. The van der Waals surface area contributed by atoms with Gasteiger partial charge in [-0.2, -0.15) is 0 Å². The van der Waals surface area contributed by atoms with E-state index in [4.69, 9.17) is 14.2 Å². The Morgan fingerprint density at radius 1 is 1.21 bits per heavy atom. The molecule has 2 saturated heterocycles. The highest BCUT2D eigenvalue weighted by Gasteiger charge is 2.82. The molecule has 3 heterocycles. The predicted octanol–water partition coefficient (Wildman–Crippen LogP) is 2.16. The smallest absolute Gasteiger partial charge is 0.331 e. The van der Waals surface area contributed by atoms with E-state index in [1.54, 1.807) is 6.08 Å². The van der Waals surface area contributed by atoms with Crippen molar-refractivity contribution in [1.29, 1.82) is 0 Å². The van der Waals surface area contributed by atoms with Crippen molar-refractivity contribution < 1.29 is 23.8 Å². The number of allylic oxidation sites excluding steroid dienone is 2. The van der Waals surface area contributed by atoms with Crippen molar-refractivity contribution in [2.24, 2.45) is 22.7 Å². The Morgan fingerprint density at radius 3 is 2.67 bits per heavy atom. The van der Waals surface area contributed by atoms with Crippen molar-refractivity contribution in [3.63, 3.8) is 0 Å². The van der Waals surface area contributed by atoms with Crippen molar-refractivity contribution in [2.75, 3.05) is 0 Å². The number of carbonyl (C=O) groups is 2. The molecule has 7 atom stereocenters. The van der Waals surface area contributed by atoms with Gasteiger partial charge in [-0.25, -0.2) is 4.79 Å². The van der Waals surface area contributed by atoms with Gasteiger partial charge in [-0.05, 0) is 24.8 Å². The minimum atomic E-state index is -0.634. The lowest BCUT2D eigenvalue weighted by Gasteiger charge is -2.51. The molecule has 3 aliphatic heterocycles. The Labute approximate surface area is 141 Å². The molecule has 5 aliphatic rings. The van der Waals surface area contributed by atoms with Crippen LogP contribution in [0.2, 0.25) is 0 Å². The molecule has 0 bridgehead atoms. The summed E-state index contributed by atoms with van der Waals surface area (Å²) in [6.45, 7) is 8.16. The molecule has 24 heavy (non-hydrogen) atoms. The van der Waals surface area contributed by atoms with Crippen LogP contribution in [0.25, 0.3) is 0 Å². The van der Waals surface area contributed by atoms with Crippen LogP contribution < -0.4 is 0 Å². The maximum atomic E-state index is 12.6. The summed E-state index contributed by atoms with van der Waals surface area (Å²) in [5.41, 5.74) is -0.646. The van der Waals surface area contributed by atoms with Crippen LogP contribution in [-0.4, -0.2) is 35.9 Å². The highest BCUT2D eigenvalue weighted by Crippen LogP contribution is 2.71. The summed E-state index contributed by atoms with van der Waals surface area (Å²) in [4.78, 5) is 24.9. The topological polar surface area (TPSA) is 65.1 Å². The number of esters is 2. The lowest BCUT2D eigenvalue weighted by Crippen LogP contribution is -2.59. The summed E-state index contributed by atoms with van der Waals surface area (Å²) >= 11 is 0. The molecule has 0 aromatic carbocycles. The van der Waals surface area contributed by atoms with E-state index in [0.717, 1.165) is 5.57 Å². The first-order chi connectivity index (χ1) is 11.2. The lowest BCUT2D eigenvalue weighted by molar-refractivity contribution is -0.153. The molecule has 2 aliphatic carbocycles. The number of cyclic esters (lactones) is 1. The van der Waals surface area contributed by atoms with Crippen molar-refractivity contribution in [1.82, 2.24) is 0 Å². The third-order valence-corrected chi connectivity index (χ3v) is 6.90. The standard InChI is InChI=1S/C19H22O5/c1-9(2)14-19-10(8-11(20)22-14)17(3)6-5-7-18(4)13(17)12(15(19)24-19)23-16(18)21/h5-6,8-9,12-15H,7H2,1-4H3/t12-,13+,14+,15+,17+,18-,19+/m0/s1. The van der Waals surface area contributed by atoms with Gasteiger partial charge in [0.1, 0.15) is 18.3 Å². The van der Waals surface area contributed by atoms with Crippen LogP contribution in [-0.2, 0) is 23.8 Å². The quantitative estimate of drug-likeness (QED) is 0.419. The van der Waals surface area contributed by atoms with Crippen molar-refractivity contribution in [3.05, 3.63) is 23.8 Å². The van der Waals surface area contributed by atoms with Crippen molar-refractivity contribution in [2.45, 2.75) is 58.0 Å². The average Bonchev–Trinajstić information content (AvgIpc) is 3.16. The Hall–Kier alpha value is -1.62. The van der Waals surface area contributed by atoms with Gasteiger partial charge in [0.05, 0.1) is 5.41 Å². The summed E-state index contributed by atoms with van der Waals surface area (Å²) < 4.78 is 17.7. The van der Waals surface area contributed by atoms with Gasteiger partial charge < -0.3 is 14.2 Å². The third-order valence-electron chi connectivity index (χ3n) is 6.90. The number of carbonyl (C=O) groups excluding carboxylic acids is 2. The fraction of sp³-hybridized carbons (Fsp3) is 0.684. The van der Waals surface area contributed by atoms with Crippen molar-refractivity contribution in [3.8, 4) is 0 Å². The number of ether oxygens (including phenoxy) is 3. The van der Waals surface area contributed by atoms with Gasteiger partial charge in [-0.3, -0.25) is 4.79 Å². The first kappa shape index (κ1) is 14.7. The van der Waals surface area contributed by atoms with Crippen LogP contribution >= 0.6 is 0 Å². The van der Waals surface area contributed by atoms with Gasteiger partial charge in [0.2, 0.25) is 0 Å². The van der Waals surface area contributed by atoms with Gasteiger partial charge in [-0.1, -0.05) is 32.9 Å². The van der Waals surface area contributed by atoms with Gasteiger partial charge in [-0.15, -0.1) is 0 Å². The Balaban J connectivity index is 1.75. The van der Waals surface area contributed by atoms with Gasteiger partial charge >= 0.3 is 11.9 Å². The van der Waals surface area contributed by atoms with Crippen molar-refractivity contribution >= 4 is 11.9 Å². The van der Waals surface area contributed by atoms with E-state index in [2.05, 4.69) is 19.1 Å². The zero-order valence-electron chi connectivity index (χ0n) is 14.4. The number of epoxide rings is 1. The first-order valence-electron chi connectivity index (χ1n) is 8.75. The number of hydrogen-bond donors (Lipinski definition) is 0. The summed E-state index contributed by atoms with van der Waals surface area (Å²) in [6, 6.07) is 0. The van der Waals surface area contributed by atoms with Gasteiger partial charge in [0.25, 0.3) is 0 Å². The van der Waals surface area contributed by atoms with Crippen LogP contribution in [0.4, 0.5) is 0 Å². The van der Waals surface area contributed by atoms with E-state index < -0.39 is 16.4 Å². The molecule has 0 unspecified atom stereocenters. The normalized spacial score (nSPS) is 53.6. The molecule has 5 rings (SSSR count). The van der Waals surface area contributed by atoms with Crippen LogP contribution in [0.5, 0.6) is 0 Å². The second-order valence-corrected chi connectivity index (χ2v) is 8.65. The minimum Gasteiger partial charge on any atom is -0.459 e. The van der Waals surface area contributed by atoms with Gasteiger partial charge in [0.15, 0.2) is 5.60 Å². The molecule has 0 amide bonds. The first-order valence-corrected chi connectivity index (χ1v) is 8.75. The maximum absolute atomic E-state index is 12.6. The molecule has 5 heteroatoms. The molecule has 5 nitrogen and oxygen atoms in total. The molecule has 0 N–H and O–H groups in total. The monoisotopic (exact) mass is 330 g/mol. The summed E-state index contributed by atoms with van der Waals surface area (Å²) in [5.74, 6) is -0.340. The largest absolute Gasteiger partial charge is 0.459 e. The lowest BCUT2D eigenvalue weighted by atomic mass is 9.49. The van der Waals surface area contributed by atoms with E-state index in [9.17, 15) is 9.59 Å². The second-order valence-electron chi connectivity index (χ2n) is 8.65. The SMILES string of the molecule is CC(C)[C@H]1OC(=O)C=C2[C@@]13O[C@@H]3[C@H]1OC(=O)[C@@]3(C)CC=C[C@@]2(C)[C@@H]13. The molecule has 128 valence electrons. The van der Waals surface area contributed by atoms with E-state index in [0.29, 0.717) is 6.42 Å². The Kier molecular flexibility index (Phi) is 2.42. The molecule has 1 spiro atoms.